The molecule has 0 saturated heterocycles. The number of hydrogen-bond acceptors (Lipinski definition) is 21. The van der Waals surface area contributed by atoms with Gasteiger partial charge in [-0.25, -0.2) is 71.7 Å². The van der Waals surface area contributed by atoms with E-state index in [-0.39, 0.29) is 61.0 Å². The monoisotopic (exact) mass is 1400 g/mol. The van der Waals surface area contributed by atoms with Gasteiger partial charge in [-0.1, -0.05) is 46.4 Å². The number of carbonyl (C=O) groups excluding carboxylic acids is 2. The third-order valence-electron chi connectivity index (χ3n) is 15.2. The fourth-order valence-corrected chi connectivity index (χ4v) is 11.6. The Labute approximate surface area is 564 Å². The summed E-state index contributed by atoms with van der Waals surface area (Å²) in [6.45, 7) is 7.15. The lowest BCUT2D eigenvalue weighted by Gasteiger charge is -2.10. The molecule has 0 unspecified atom stereocenters. The molecular formula is C64H57Cl4N13O16. The number of aromatic amines is 4. The van der Waals surface area contributed by atoms with Crippen molar-refractivity contribution < 1.29 is 58.4 Å². The Morgan fingerprint density at radius 3 is 1.19 bits per heavy atom. The van der Waals surface area contributed by atoms with Crippen molar-refractivity contribution in [3.63, 3.8) is 0 Å². The normalized spacial score (nSPS) is 11.1. The number of fused-ring (bicyclic) bond motifs is 13. The van der Waals surface area contributed by atoms with Gasteiger partial charge in [0.25, 0.3) is 0 Å². The number of aliphatic hydroxyl groups excluding tert-OH is 3. The lowest BCUT2D eigenvalue weighted by molar-refractivity contribution is 0.0519. The van der Waals surface area contributed by atoms with E-state index in [0.717, 1.165) is 16.7 Å². The van der Waals surface area contributed by atoms with Gasteiger partial charge >= 0.3 is 34.7 Å². The maximum Gasteiger partial charge on any atom is 0.348 e. The lowest BCUT2D eigenvalue weighted by atomic mass is 10.1. The molecule has 0 bridgehead atoms. The van der Waals surface area contributed by atoms with Gasteiger partial charge in [-0.15, -0.1) is 0 Å². The van der Waals surface area contributed by atoms with Crippen LogP contribution in [-0.2, 0) is 29.3 Å². The molecule has 97 heavy (non-hydrogen) atoms. The molecule has 29 nitrogen and oxygen atoms in total. The highest BCUT2D eigenvalue weighted by atomic mass is 35.5. The Kier molecular flexibility index (Phi) is 20.7. The molecule has 0 aliphatic heterocycles. The first-order valence-corrected chi connectivity index (χ1v) is 30.4. The van der Waals surface area contributed by atoms with Crippen molar-refractivity contribution in [2.75, 3.05) is 41.7 Å². The number of halogens is 4. The number of aromatic hydroxyl groups is 1. The molecule has 0 atom stereocenters. The van der Waals surface area contributed by atoms with Crippen molar-refractivity contribution in [3.8, 4) is 28.7 Å². The number of esters is 2. The molecule has 0 radical (unpaired) electrons. The van der Waals surface area contributed by atoms with Crippen LogP contribution in [0.4, 0.5) is 0 Å². The molecule has 0 aliphatic carbocycles. The number of H-pyrrole nitrogens is 4. The lowest BCUT2D eigenvalue weighted by Crippen LogP contribution is -2.13. The Hall–Kier alpha value is -10.8. The molecule has 0 saturated carbocycles. The Morgan fingerprint density at radius 1 is 0.433 bits per heavy atom. The Balaban J connectivity index is 0.000000132. The molecule has 0 fully saturated rings. The van der Waals surface area contributed by atoms with E-state index >= 15 is 0 Å². The Bertz CT molecular complexity index is 5540. The number of hydrogen-bond donors (Lipinski definition) is 8. The number of rotatable bonds is 11. The van der Waals surface area contributed by atoms with Crippen molar-refractivity contribution in [2.24, 2.45) is 0 Å². The van der Waals surface area contributed by atoms with Gasteiger partial charge in [0.05, 0.1) is 115 Å². The third kappa shape index (κ3) is 13.5. The molecule has 14 aromatic rings. The number of benzene rings is 5. The Morgan fingerprint density at radius 2 is 0.773 bits per heavy atom. The maximum absolute atomic E-state index is 12.2. The van der Waals surface area contributed by atoms with E-state index in [2.05, 4.69) is 45.8 Å². The zero-order chi connectivity index (χ0) is 69.8. The molecule has 33 heteroatoms. The van der Waals surface area contributed by atoms with E-state index in [9.17, 15) is 49.2 Å². The van der Waals surface area contributed by atoms with Crippen molar-refractivity contribution in [1.29, 1.82) is 0 Å². The standard InChI is InChI=1S/C14H12ClN3O4.C13H11Cl2NO3.C13H13N3O3.C12H10ClN3O3.C12H11N3O3/c1-3-22-13(19)8-5-12-16-17-14(20)18(12)10-6-9(15)11(21-2)4-7(8)10;1-3-19-13(17)8-5-12(15)16-10-6-9(14)11(18-2)4-7(8)10;1-7-3-10-9(5-11(7)19-2)8(6-17)4-12-14-15-13(18)16(10)12;1-19-10-3-7-6(5-17)2-11-14-15-12(18)16(11)9(7)4-8(10)13;1-6-2-9-8(4-10(6)17)7(5-16)3-11-13-14-12(18)15(9)11/h4-6H,3H2,1-2H3,(H,17,20);4-6H,3H2,1-2H3;3-5,17H,6H2,1-2H3,(H,15,18);2-4,17H,5H2,1H3,(H,15,18);2-4,16-17H,5H2,1H3,(H,14,18). The number of pyridine rings is 5. The minimum absolute atomic E-state index is 0.125. The van der Waals surface area contributed by atoms with Gasteiger partial charge in [0.1, 0.15) is 33.9 Å². The first-order valence-electron chi connectivity index (χ1n) is 28.9. The average Bonchev–Trinajstić information content (AvgIpc) is 1.74. The van der Waals surface area contributed by atoms with Crippen molar-refractivity contribution >= 4 is 135 Å². The zero-order valence-electron chi connectivity index (χ0n) is 52.4. The number of carbonyl (C=O) groups is 2. The van der Waals surface area contributed by atoms with Gasteiger partial charge < -0.3 is 48.8 Å². The van der Waals surface area contributed by atoms with Crippen LogP contribution in [0, 0.1) is 13.8 Å². The number of phenolic OH excluding ortho intramolecular Hbond substituents is 1. The number of phenols is 1. The molecule has 0 spiro atoms. The number of methoxy groups -OCH3 is 4. The number of nitrogens with zero attached hydrogens (tertiary/aromatic N) is 9. The van der Waals surface area contributed by atoms with Gasteiger partial charge in [-0.05, 0) is 147 Å². The first-order chi connectivity index (χ1) is 46.5. The van der Waals surface area contributed by atoms with E-state index in [1.54, 1.807) is 94.6 Å². The van der Waals surface area contributed by atoms with Crippen molar-refractivity contribution in [2.45, 2.75) is 47.5 Å². The second-order valence-corrected chi connectivity index (χ2v) is 22.5. The van der Waals surface area contributed by atoms with Gasteiger partial charge in [0.15, 0.2) is 22.6 Å². The van der Waals surface area contributed by atoms with Crippen LogP contribution in [0.25, 0.3) is 77.1 Å². The van der Waals surface area contributed by atoms with Gasteiger partial charge in [-0.2, -0.15) is 20.4 Å². The summed E-state index contributed by atoms with van der Waals surface area (Å²) in [5, 5.41) is 67.6. The smallest absolute Gasteiger partial charge is 0.348 e. The summed E-state index contributed by atoms with van der Waals surface area (Å²) in [5.74, 6) is 1.24. The summed E-state index contributed by atoms with van der Waals surface area (Å²) in [7, 11) is 6.07. The quantitative estimate of drug-likeness (QED) is 0.0443. The fourth-order valence-electron chi connectivity index (χ4n) is 10.7. The number of aliphatic hydroxyl groups is 3. The predicted octanol–water partition coefficient (Wildman–Crippen LogP) is 8.74. The topological polar surface area (TPSA) is 384 Å². The second-order valence-electron chi connectivity index (χ2n) is 20.9. The zero-order valence-corrected chi connectivity index (χ0v) is 55.4. The maximum atomic E-state index is 12.2. The molecule has 502 valence electrons. The molecule has 0 amide bonds. The molecule has 8 N–H and O–H groups in total. The summed E-state index contributed by atoms with van der Waals surface area (Å²) >= 11 is 24.1. The highest BCUT2D eigenvalue weighted by molar-refractivity contribution is 6.34. The van der Waals surface area contributed by atoms with E-state index in [0.29, 0.717) is 137 Å². The second kappa shape index (κ2) is 29.1. The van der Waals surface area contributed by atoms with Crippen LogP contribution in [0.15, 0.2) is 110 Å². The van der Waals surface area contributed by atoms with E-state index in [1.165, 1.54) is 51.1 Å². The van der Waals surface area contributed by atoms with Crippen molar-refractivity contribution in [1.82, 2.24) is 63.4 Å². The molecule has 14 rings (SSSR count). The van der Waals surface area contributed by atoms with Crippen LogP contribution < -0.4 is 41.7 Å². The van der Waals surface area contributed by atoms with Crippen LogP contribution in [0.2, 0.25) is 20.2 Å². The number of aryl methyl sites for hydroxylation is 2. The highest BCUT2D eigenvalue weighted by Gasteiger charge is 2.21. The van der Waals surface area contributed by atoms with Gasteiger partial charge in [0.2, 0.25) is 0 Å². The van der Waals surface area contributed by atoms with Crippen LogP contribution in [0.5, 0.6) is 28.7 Å². The molecular weight excluding hydrogens is 1350 g/mol. The molecule has 5 aromatic carbocycles. The van der Waals surface area contributed by atoms with E-state index in [1.807, 2.05) is 19.1 Å². The van der Waals surface area contributed by atoms with Crippen LogP contribution in [0.3, 0.4) is 0 Å². The summed E-state index contributed by atoms with van der Waals surface area (Å²) < 4.78 is 36.4. The summed E-state index contributed by atoms with van der Waals surface area (Å²) in [6, 6.07) is 24.6. The third-order valence-corrected chi connectivity index (χ3v) is 16.3. The van der Waals surface area contributed by atoms with E-state index in [4.69, 9.17) is 74.8 Å². The molecule has 9 heterocycles. The summed E-state index contributed by atoms with van der Waals surface area (Å²) in [4.78, 5) is 75.4. The fraction of sp³-hybridized carbons (Fsp3) is 0.203. The van der Waals surface area contributed by atoms with Crippen LogP contribution in [0.1, 0.15) is 62.4 Å². The molecule has 0 aliphatic rings. The summed E-state index contributed by atoms with van der Waals surface area (Å²) in [5.41, 5.74) is 7.31. The number of ether oxygens (including phenoxy) is 6. The van der Waals surface area contributed by atoms with E-state index < -0.39 is 17.6 Å². The SMILES string of the molecule is CCOC(=O)c1cc(Cl)nc2cc(Cl)c(OC)cc12.CCOC(=O)c1cc2n[nH]c(=O)n2c2cc(Cl)c(OC)cc12.COc1cc2c(CO)cc3n[nH]c(=O)n3c2cc1C.COc1cc2c(CO)cc3n[nH]c(=O)n3c2cc1Cl.Cc1cc2c(cc1O)c(CO)cc1n[nH]c(=O)n12. The van der Waals surface area contributed by atoms with Crippen LogP contribution in [-0.4, -0.2) is 137 Å². The average molecular weight is 1410 g/mol. The van der Waals surface area contributed by atoms with Crippen molar-refractivity contribution in [3.05, 3.63) is 192 Å². The highest BCUT2D eigenvalue weighted by Crippen LogP contribution is 2.36. The number of nitrogens with one attached hydrogen (secondary N) is 4. The minimum atomic E-state index is -0.505. The first kappa shape index (κ1) is 69.1. The van der Waals surface area contributed by atoms with Gasteiger partial charge in [0, 0.05) is 26.9 Å². The summed E-state index contributed by atoms with van der Waals surface area (Å²) in [6.07, 6.45) is 0. The predicted molar refractivity (Wildman–Crippen MR) is 362 cm³/mol. The van der Waals surface area contributed by atoms with Crippen LogP contribution >= 0.6 is 46.4 Å². The number of aromatic nitrogens is 13. The molecule has 9 aromatic heterocycles. The minimum Gasteiger partial charge on any atom is -0.508 e. The largest absolute Gasteiger partial charge is 0.508 e. The van der Waals surface area contributed by atoms with Gasteiger partial charge in [-0.3, -0.25) is 0 Å².